The van der Waals surface area contributed by atoms with E-state index in [9.17, 15) is 13.6 Å². The molecule has 0 aromatic heterocycles. The quantitative estimate of drug-likeness (QED) is 0.908. The first kappa shape index (κ1) is 18.1. The van der Waals surface area contributed by atoms with Crippen LogP contribution in [0.2, 0.25) is 0 Å². The smallest absolute Gasteiger partial charge is 0.317 e. The van der Waals surface area contributed by atoms with Crippen LogP contribution < -0.4 is 10.1 Å². The van der Waals surface area contributed by atoms with Gasteiger partial charge in [0.1, 0.15) is 11.9 Å². The summed E-state index contributed by atoms with van der Waals surface area (Å²) in [7, 11) is 1.60. The second-order valence-electron chi connectivity index (χ2n) is 5.99. The zero-order valence-electron chi connectivity index (χ0n) is 14.4. The summed E-state index contributed by atoms with van der Waals surface area (Å²) in [4.78, 5) is 14.0. The molecule has 5 nitrogen and oxygen atoms in total. The van der Waals surface area contributed by atoms with E-state index >= 15 is 0 Å². The summed E-state index contributed by atoms with van der Waals surface area (Å²) in [5.41, 5.74) is 1.46. The Morgan fingerprint density at radius 3 is 2.69 bits per heavy atom. The molecule has 1 fully saturated rings. The number of carbonyl (C=O) groups is 1. The molecule has 3 rings (SSSR count). The van der Waals surface area contributed by atoms with Gasteiger partial charge in [-0.2, -0.15) is 0 Å². The summed E-state index contributed by atoms with van der Waals surface area (Å²) in [6.45, 7) is 1.43. The first-order valence-corrected chi connectivity index (χ1v) is 8.29. The van der Waals surface area contributed by atoms with Crippen molar-refractivity contribution in [1.82, 2.24) is 10.2 Å². The maximum Gasteiger partial charge on any atom is 0.317 e. The van der Waals surface area contributed by atoms with Crippen LogP contribution in [-0.2, 0) is 11.3 Å². The lowest BCUT2D eigenvalue weighted by atomic mass is 10.1. The van der Waals surface area contributed by atoms with Crippen LogP contribution in [0.15, 0.2) is 42.5 Å². The molecule has 26 heavy (non-hydrogen) atoms. The molecule has 1 N–H and O–H groups in total. The summed E-state index contributed by atoms with van der Waals surface area (Å²) in [6, 6.07) is 10.8. The molecule has 138 valence electrons. The third-order valence-corrected chi connectivity index (χ3v) is 4.27. The molecule has 7 heteroatoms. The molecule has 0 aliphatic carbocycles. The minimum Gasteiger partial charge on any atom is -0.497 e. The number of rotatable bonds is 4. The second kappa shape index (κ2) is 8.14. The zero-order chi connectivity index (χ0) is 18.5. The van der Waals surface area contributed by atoms with E-state index in [0.717, 1.165) is 23.4 Å². The topological polar surface area (TPSA) is 50.8 Å². The van der Waals surface area contributed by atoms with Crippen molar-refractivity contribution in [2.75, 3.05) is 26.8 Å². The van der Waals surface area contributed by atoms with Gasteiger partial charge in [-0.05, 0) is 35.4 Å². The van der Waals surface area contributed by atoms with Crippen LogP contribution in [0.3, 0.4) is 0 Å². The lowest BCUT2D eigenvalue weighted by molar-refractivity contribution is -0.0156. The van der Waals surface area contributed by atoms with Gasteiger partial charge in [0.15, 0.2) is 11.6 Å². The summed E-state index contributed by atoms with van der Waals surface area (Å²) in [5.74, 6) is -1.08. The van der Waals surface area contributed by atoms with E-state index in [1.807, 2.05) is 24.3 Å². The molecule has 1 heterocycles. The predicted octanol–water partition coefficient (Wildman–Crippen LogP) is 3.26. The molecule has 1 aliphatic rings. The number of carbonyl (C=O) groups excluding carboxylic acids is 1. The van der Waals surface area contributed by atoms with Crippen LogP contribution in [-0.4, -0.2) is 37.7 Å². The predicted molar refractivity (Wildman–Crippen MR) is 91.9 cm³/mol. The van der Waals surface area contributed by atoms with Crippen molar-refractivity contribution in [3.63, 3.8) is 0 Å². The van der Waals surface area contributed by atoms with Crippen molar-refractivity contribution in [2.24, 2.45) is 0 Å². The van der Waals surface area contributed by atoms with Crippen LogP contribution in [0.25, 0.3) is 0 Å². The fourth-order valence-corrected chi connectivity index (χ4v) is 2.78. The van der Waals surface area contributed by atoms with Gasteiger partial charge in [0, 0.05) is 13.1 Å². The number of methoxy groups -OCH3 is 1. The molecule has 0 spiro atoms. The molecule has 0 radical (unpaired) electrons. The van der Waals surface area contributed by atoms with E-state index in [1.54, 1.807) is 12.0 Å². The minimum atomic E-state index is -0.924. The Hall–Kier alpha value is -2.67. The molecule has 2 aromatic rings. The highest BCUT2D eigenvalue weighted by Crippen LogP contribution is 2.24. The van der Waals surface area contributed by atoms with Gasteiger partial charge in [-0.1, -0.05) is 18.2 Å². The van der Waals surface area contributed by atoms with Crippen molar-refractivity contribution in [1.29, 1.82) is 0 Å². The number of morpholine rings is 1. The molecule has 1 atom stereocenters. The van der Waals surface area contributed by atoms with Crippen LogP contribution >= 0.6 is 0 Å². The van der Waals surface area contributed by atoms with Crippen LogP contribution in [0.1, 0.15) is 17.2 Å². The summed E-state index contributed by atoms with van der Waals surface area (Å²) >= 11 is 0. The van der Waals surface area contributed by atoms with E-state index < -0.39 is 17.7 Å². The van der Waals surface area contributed by atoms with Gasteiger partial charge in [-0.3, -0.25) is 0 Å². The SMILES string of the molecule is COc1ccc(CNC(=O)N2CCO[C@@H](c3ccc(F)c(F)c3)C2)cc1. The molecule has 0 bridgehead atoms. The average Bonchev–Trinajstić information content (AvgIpc) is 2.68. The molecule has 1 saturated heterocycles. The zero-order valence-corrected chi connectivity index (χ0v) is 14.4. The standard InChI is InChI=1S/C19H20F2N2O3/c1-25-15-5-2-13(3-6-15)11-22-19(24)23-8-9-26-18(12-23)14-4-7-16(20)17(21)10-14/h2-7,10,18H,8-9,11-12H2,1H3,(H,22,24)/t18-/m1/s1. The Morgan fingerprint density at radius 2 is 2.00 bits per heavy atom. The molecule has 2 amide bonds. The first-order chi connectivity index (χ1) is 12.6. The Kier molecular flexibility index (Phi) is 5.68. The van der Waals surface area contributed by atoms with Crippen LogP contribution in [0.5, 0.6) is 5.75 Å². The van der Waals surface area contributed by atoms with Gasteiger partial charge in [0.25, 0.3) is 0 Å². The summed E-state index contributed by atoms with van der Waals surface area (Å²) < 4.78 is 37.2. The fourth-order valence-electron chi connectivity index (χ4n) is 2.78. The fraction of sp³-hybridized carbons (Fsp3) is 0.316. The highest BCUT2D eigenvalue weighted by molar-refractivity contribution is 5.74. The van der Waals surface area contributed by atoms with Crippen LogP contribution in [0, 0.1) is 11.6 Å². The van der Waals surface area contributed by atoms with Gasteiger partial charge in [0.2, 0.25) is 0 Å². The summed E-state index contributed by atoms with van der Waals surface area (Å²) in [5, 5.41) is 2.86. The van der Waals surface area contributed by atoms with E-state index in [2.05, 4.69) is 5.32 Å². The van der Waals surface area contributed by atoms with Crippen molar-refractivity contribution in [3.05, 3.63) is 65.2 Å². The first-order valence-electron chi connectivity index (χ1n) is 8.29. The molecule has 1 aliphatic heterocycles. The number of benzene rings is 2. The highest BCUT2D eigenvalue weighted by Gasteiger charge is 2.26. The van der Waals surface area contributed by atoms with E-state index in [1.165, 1.54) is 6.07 Å². The maximum atomic E-state index is 13.4. The molecular weight excluding hydrogens is 342 g/mol. The minimum absolute atomic E-state index is 0.225. The third-order valence-electron chi connectivity index (χ3n) is 4.27. The normalized spacial score (nSPS) is 17.0. The Labute approximate surface area is 150 Å². The number of nitrogens with zero attached hydrogens (tertiary/aromatic N) is 1. The van der Waals surface area contributed by atoms with Crippen LogP contribution in [0.4, 0.5) is 13.6 Å². The molecular formula is C19H20F2N2O3. The van der Waals surface area contributed by atoms with Gasteiger partial charge in [-0.25, -0.2) is 13.6 Å². The lowest BCUT2D eigenvalue weighted by Crippen LogP contribution is -2.47. The average molecular weight is 362 g/mol. The number of halogens is 2. The monoisotopic (exact) mass is 362 g/mol. The van der Waals surface area contributed by atoms with Crippen molar-refractivity contribution in [2.45, 2.75) is 12.6 Å². The molecule has 0 saturated carbocycles. The van der Waals surface area contributed by atoms with E-state index in [-0.39, 0.29) is 12.6 Å². The Morgan fingerprint density at radius 1 is 1.23 bits per heavy atom. The number of amides is 2. The van der Waals surface area contributed by atoms with Gasteiger partial charge in [0.05, 0.1) is 20.3 Å². The highest BCUT2D eigenvalue weighted by atomic mass is 19.2. The van der Waals surface area contributed by atoms with Gasteiger partial charge >= 0.3 is 6.03 Å². The third kappa shape index (κ3) is 4.29. The maximum absolute atomic E-state index is 13.4. The molecule has 2 aromatic carbocycles. The van der Waals surface area contributed by atoms with Crippen molar-refractivity contribution in [3.8, 4) is 5.75 Å². The lowest BCUT2D eigenvalue weighted by Gasteiger charge is -2.33. The largest absolute Gasteiger partial charge is 0.497 e. The molecule has 0 unspecified atom stereocenters. The van der Waals surface area contributed by atoms with E-state index in [4.69, 9.17) is 9.47 Å². The number of hydrogen-bond donors (Lipinski definition) is 1. The number of ether oxygens (including phenoxy) is 2. The second-order valence-corrected chi connectivity index (χ2v) is 5.99. The van der Waals surface area contributed by atoms with Gasteiger partial charge < -0.3 is 19.7 Å². The Bertz CT molecular complexity index is 768. The van der Waals surface area contributed by atoms with Crippen molar-refractivity contribution >= 4 is 6.03 Å². The van der Waals surface area contributed by atoms with E-state index in [0.29, 0.717) is 25.3 Å². The van der Waals surface area contributed by atoms with Crippen molar-refractivity contribution < 1.29 is 23.0 Å². The summed E-state index contributed by atoms with van der Waals surface area (Å²) in [6.07, 6.45) is -0.481. The Balaban J connectivity index is 1.57. The van der Waals surface area contributed by atoms with Gasteiger partial charge in [-0.15, -0.1) is 0 Å². The number of nitrogens with one attached hydrogen (secondary N) is 1. The number of hydrogen-bond acceptors (Lipinski definition) is 3. The number of urea groups is 1.